The summed E-state index contributed by atoms with van der Waals surface area (Å²) in [6.45, 7) is 3.37. The predicted molar refractivity (Wildman–Crippen MR) is 153 cm³/mol. The quantitative estimate of drug-likeness (QED) is 0.132. The minimum Gasteiger partial charge on any atom is -0.489 e. The van der Waals surface area contributed by atoms with Crippen LogP contribution in [-0.4, -0.2) is 11.0 Å². The standard InChI is InChI=1S/C34H28F3NO4/c1-22-16-26(14-15-32(22)42-41-23(2)39)21-40-28-11-6-10-25(18-28)19-30-27(17-24-8-4-3-5-9-24)20-38-33-29(30)12-7-13-31(33)34(35,36)37/h3-16,18,20H,17,19,21H2,1-2H3. The summed E-state index contributed by atoms with van der Waals surface area (Å²) in [4.78, 5) is 24.9. The molecule has 0 bridgehead atoms. The van der Waals surface area contributed by atoms with Crippen LogP contribution in [0.4, 0.5) is 13.2 Å². The molecule has 1 aromatic heterocycles. The van der Waals surface area contributed by atoms with E-state index in [-0.39, 0.29) is 12.1 Å². The Morgan fingerprint density at radius 3 is 2.33 bits per heavy atom. The molecule has 0 aliphatic heterocycles. The minimum absolute atomic E-state index is 0.0549. The van der Waals surface area contributed by atoms with Crippen molar-refractivity contribution in [3.63, 3.8) is 0 Å². The molecule has 0 unspecified atom stereocenters. The molecule has 0 aliphatic carbocycles. The summed E-state index contributed by atoms with van der Waals surface area (Å²) in [5, 5.41) is 0.483. The number of hydrogen-bond acceptors (Lipinski definition) is 5. The van der Waals surface area contributed by atoms with Crippen LogP contribution in [0.2, 0.25) is 0 Å². The van der Waals surface area contributed by atoms with Gasteiger partial charge in [0.2, 0.25) is 0 Å². The molecule has 4 aromatic carbocycles. The largest absolute Gasteiger partial charge is 0.489 e. The molecule has 0 saturated heterocycles. The van der Waals surface area contributed by atoms with Crippen LogP contribution in [0, 0.1) is 6.92 Å². The highest BCUT2D eigenvalue weighted by atomic mass is 19.4. The molecule has 0 fully saturated rings. The Labute approximate surface area is 241 Å². The van der Waals surface area contributed by atoms with Gasteiger partial charge >= 0.3 is 12.1 Å². The van der Waals surface area contributed by atoms with Gasteiger partial charge in [0.15, 0.2) is 5.75 Å². The zero-order valence-corrected chi connectivity index (χ0v) is 23.1. The van der Waals surface area contributed by atoms with Gasteiger partial charge in [0.1, 0.15) is 12.4 Å². The molecular weight excluding hydrogens is 543 g/mol. The van der Waals surface area contributed by atoms with Gasteiger partial charge in [0, 0.05) is 18.5 Å². The van der Waals surface area contributed by atoms with Crippen LogP contribution in [0.5, 0.6) is 11.5 Å². The van der Waals surface area contributed by atoms with Crippen molar-refractivity contribution in [1.82, 2.24) is 4.98 Å². The Kier molecular flexibility index (Phi) is 8.43. The van der Waals surface area contributed by atoms with Gasteiger partial charge in [-0.25, -0.2) is 4.79 Å². The van der Waals surface area contributed by atoms with E-state index in [1.54, 1.807) is 18.3 Å². The van der Waals surface area contributed by atoms with Gasteiger partial charge < -0.3 is 4.74 Å². The summed E-state index contributed by atoms with van der Waals surface area (Å²) in [6.07, 6.45) is -2.00. The van der Waals surface area contributed by atoms with Crippen molar-refractivity contribution < 1.29 is 32.5 Å². The molecule has 0 spiro atoms. The summed E-state index contributed by atoms with van der Waals surface area (Å²) in [5.41, 5.74) is 4.47. The van der Waals surface area contributed by atoms with Crippen LogP contribution in [0.3, 0.4) is 0 Å². The molecule has 0 aliphatic rings. The minimum atomic E-state index is -4.51. The zero-order chi connectivity index (χ0) is 29.7. The number of carbonyl (C=O) groups is 1. The normalized spacial score (nSPS) is 11.4. The van der Waals surface area contributed by atoms with Crippen molar-refractivity contribution in [2.24, 2.45) is 0 Å². The van der Waals surface area contributed by atoms with E-state index >= 15 is 0 Å². The molecule has 5 nitrogen and oxygen atoms in total. The molecule has 8 heteroatoms. The second kappa shape index (κ2) is 12.3. The van der Waals surface area contributed by atoms with Crippen LogP contribution in [0.25, 0.3) is 10.9 Å². The topological polar surface area (TPSA) is 57.7 Å². The number of hydrogen-bond donors (Lipinski definition) is 0. The lowest BCUT2D eigenvalue weighted by atomic mass is 9.92. The highest BCUT2D eigenvalue weighted by Crippen LogP contribution is 2.36. The number of fused-ring (bicyclic) bond motifs is 1. The van der Waals surface area contributed by atoms with Gasteiger partial charge in [-0.3, -0.25) is 14.8 Å². The first-order chi connectivity index (χ1) is 20.2. The van der Waals surface area contributed by atoms with E-state index in [1.165, 1.54) is 13.0 Å². The fourth-order valence-corrected chi connectivity index (χ4v) is 4.84. The molecule has 0 N–H and O–H groups in total. The number of carbonyl (C=O) groups excluding carboxylic acids is 1. The molecular formula is C34H28F3NO4. The van der Waals surface area contributed by atoms with Crippen LogP contribution >= 0.6 is 0 Å². The average Bonchev–Trinajstić information content (AvgIpc) is 2.96. The number of aromatic nitrogens is 1. The first kappa shape index (κ1) is 28.7. The van der Waals surface area contributed by atoms with E-state index < -0.39 is 17.7 Å². The Morgan fingerprint density at radius 1 is 0.833 bits per heavy atom. The van der Waals surface area contributed by atoms with E-state index in [9.17, 15) is 18.0 Å². The summed E-state index contributed by atoms with van der Waals surface area (Å²) in [5.74, 6) is 0.513. The summed E-state index contributed by atoms with van der Waals surface area (Å²) < 4.78 is 47.6. The number of halogens is 3. The third-order valence-electron chi connectivity index (χ3n) is 6.81. The number of ether oxygens (including phenoxy) is 1. The van der Waals surface area contributed by atoms with E-state index in [0.717, 1.165) is 39.4 Å². The highest BCUT2D eigenvalue weighted by Gasteiger charge is 2.33. The van der Waals surface area contributed by atoms with E-state index in [1.807, 2.05) is 73.7 Å². The Bertz CT molecular complexity index is 1720. The van der Waals surface area contributed by atoms with Gasteiger partial charge in [-0.05, 0) is 83.5 Å². The molecule has 0 atom stereocenters. The van der Waals surface area contributed by atoms with Gasteiger partial charge in [0.05, 0.1) is 11.1 Å². The summed E-state index contributed by atoms with van der Waals surface area (Å²) >= 11 is 0. The smallest absolute Gasteiger partial charge is 0.418 e. The maximum atomic E-state index is 13.8. The maximum Gasteiger partial charge on any atom is 0.418 e. The molecule has 214 valence electrons. The highest BCUT2D eigenvalue weighted by molar-refractivity contribution is 5.86. The van der Waals surface area contributed by atoms with Crippen molar-refractivity contribution in [2.45, 2.75) is 39.5 Å². The second-order valence-corrected chi connectivity index (χ2v) is 9.99. The predicted octanol–water partition coefficient (Wildman–Crippen LogP) is 8.18. The SMILES string of the molecule is CC(=O)OOc1ccc(COc2cccc(Cc3c(Cc4ccccc4)cnc4c(C(F)(F)F)cccc34)c2)cc1C. The Morgan fingerprint density at radius 2 is 1.60 bits per heavy atom. The first-order valence-electron chi connectivity index (χ1n) is 13.3. The Hall–Kier alpha value is -4.85. The fraction of sp³-hybridized carbons (Fsp3) is 0.176. The van der Waals surface area contributed by atoms with Gasteiger partial charge in [0.25, 0.3) is 0 Å². The summed E-state index contributed by atoms with van der Waals surface area (Å²) in [7, 11) is 0. The van der Waals surface area contributed by atoms with Crippen LogP contribution in [-0.2, 0) is 35.3 Å². The molecule has 5 aromatic rings. The number of rotatable bonds is 9. The lowest BCUT2D eigenvalue weighted by molar-refractivity contribution is -0.211. The fourth-order valence-electron chi connectivity index (χ4n) is 4.84. The maximum absolute atomic E-state index is 13.8. The van der Waals surface area contributed by atoms with Gasteiger partial charge in [-0.2, -0.15) is 13.2 Å². The van der Waals surface area contributed by atoms with Crippen molar-refractivity contribution in [2.75, 3.05) is 0 Å². The van der Waals surface area contributed by atoms with Crippen molar-refractivity contribution >= 4 is 16.9 Å². The number of aryl methyl sites for hydroxylation is 1. The molecule has 0 amide bonds. The van der Waals surface area contributed by atoms with Gasteiger partial charge in [-0.15, -0.1) is 0 Å². The molecule has 1 heterocycles. The number of pyridine rings is 1. The molecule has 0 saturated carbocycles. The number of para-hydroxylation sites is 1. The number of nitrogens with zero attached hydrogens (tertiary/aromatic N) is 1. The van der Waals surface area contributed by atoms with E-state index in [2.05, 4.69) is 9.87 Å². The van der Waals surface area contributed by atoms with Crippen LogP contribution in [0.15, 0.2) is 97.2 Å². The zero-order valence-electron chi connectivity index (χ0n) is 23.1. The molecule has 0 radical (unpaired) electrons. The second-order valence-electron chi connectivity index (χ2n) is 9.99. The first-order valence-corrected chi connectivity index (χ1v) is 13.3. The third kappa shape index (κ3) is 6.89. The molecule has 42 heavy (non-hydrogen) atoms. The Balaban J connectivity index is 1.41. The van der Waals surface area contributed by atoms with Crippen molar-refractivity contribution in [3.05, 3.63) is 136 Å². The van der Waals surface area contributed by atoms with Crippen LogP contribution in [0.1, 0.15) is 45.9 Å². The number of alkyl halides is 3. The van der Waals surface area contributed by atoms with E-state index in [4.69, 9.17) is 9.62 Å². The van der Waals surface area contributed by atoms with Crippen molar-refractivity contribution in [1.29, 1.82) is 0 Å². The summed E-state index contributed by atoms with van der Waals surface area (Å²) in [6, 6.07) is 26.9. The monoisotopic (exact) mass is 571 g/mol. The van der Waals surface area contributed by atoms with Crippen LogP contribution < -0.4 is 9.62 Å². The van der Waals surface area contributed by atoms with Gasteiger partial charge in [-0.1, -0.05) is 60.7 Å². The molecule has 5 rings (SSSR count). The van der Waals surface area contributed by atoms with Crippen molar-refractivity contribution in [3.8, 4) is 11.5 Å². The van der Waals surface area contributed by atoms with E-state index in [0.29, 0.717) is 29.7 Å². The average molecular weight is 572 g/mol. The number of benzene rings is 4. The lowest BCUT2D eigenvalue weighted by Gasteiger charge is -2.17. The lowest BCUT2D eigenvalue weighted by Crippen LogP contribution is -2.08. The third-order valence-corrected chi connectivity index (χ3v) is 6.81.